The van der Waals surface area contributed by atoms with Gasteiger partial charge in [0.25, 0.3) is 0 Å². The first-order valence-electron chi connectivity index (χ1n) is 4.12. The molecule has 0 N–H and O–H groups in total. The molecule has 0 radical (unpaired) electrons. The van der Waals surface area contributed by atoms with Crippen LogP contribution in [0.15, 0.2) is 16.3 Å². The van der Waals surface area contributed by atoms with E-state index in [2.05, 4.69) is 12.6 Å². The smallest absolute Gasteiger partial charge is 0.348 e. The third-order valence-corrected chi connectivity index (χ3v) is 3.01. The molecule has 1 heterocycles. The van der Waals surface area contributed by atoms with Crippen LogP contribution in [0.25, 0.3) is 0 Å². The van der Waals surface area contributed by atoms with E-state index in [4.69, 9.17) is 4.74 Å². The second kappa shape index (κ2) is 4.67. The van der Waals surface area contributed by atoms with Crippen LogP contribution in [0.1, 0.15) is 29.9 Å². The zero-order valence-electron chi connectivity index (χ0n) is 7.61. The second-order valence-corrected chi connectivity index (χ2v) is 4.22. The molecule has 0 saturated carbocycles. The maximum atomic E-state index is 11.4. The van der Waals surface area contributed by atoms with Gasteiger partial charge in [0, 0.05) is 10.3 Å². The van der Waals surface area contributed by atoms with Crippen molar-refractivity contribution in [3.63, 3.8) is 0 Å². The first-order chi connectivity index (χ1) is 6.13. The summed E-state index contributed by atoms with van der Waals surface area (Å²) in [4.78, 5) is 12.8. The Hall–Kier alpha value is -0.480. The summed E-state index contributed by atoms with van der Waals surface area (Å²) in [7, 11) is 0. The Balaban J connectivity index is 2.58. The van der Waals surface area contributed by atoms with Crippen molar-refractivity contribution in [2.45, 2.75) is 31.3 Å². The van der Waals surface area contributed by atoms with Gasteiger partial charge in [0.15, 0.2) is 0 Å². The van der Waals surface area contributed by atoms with Gasteiger partial charge in [-0.05, 0) is 19.4 Å². The summed E-state index contributed by atoms with van der Waals surface area (Å²) in [5, 5.41) is 1.82. The summed E-state index contributed by atoms with van der Waals surface area (Å²) in [5.41, 5.74) is 0. The van der Waals surface area contributed by atoms with Crippen molar-refractivity contribution < 1.29 is 9.53 Å². The van der Waals surface area contributed by atoms with E-state index in [1.54, 1.807) is 6.07 Å². The van der Waals surface area contributed by atoms with Gasteiger partial charge in [-0.2, -0.15) is 0 Å². The second-order valence-electron chi connectivity index (χ2n) is 2.79. The van der Waals surface area contributed by atoms with E-state index >= 15 is 0 Å². The highest BCUT2D eigenvalue weighted by atomic mass is 32.1. The fraction of sp³-hybridized carbons (Fsp3) is 0.444. The zero-order chi connectivity index (χ0) is 9.84. The van der Waals surface area contributed by atoms with E-state index in [1.165, 1.54) is 11.3 Å². The average molecular weight is 216 g/mol. The van der Waals surface area contributed by atoms with Crippen molar-refractivity contribution in [1.29, 1.82) is 0 Å². The normalized spacial score (nSPS) is 12.5. The number of hydrogen-bond acceptors (Lipinski definition) is 4. The molecule has 0 bridgehead atoms. The van der Waals surface area contributed by atoms with E-state index in [0.29, 0.717) is 4.88 Å². The number of rotatable bonds is 3. The third-order valence-electron chi connectivity index (χ3n) is 1.67. The van der Waals surface area contributed by atoms with Crippen molar-refractivity contribution in [2.75, 3.05) is 0 Å². The molecule has 13 heavy (non-hydrogen) atoms. The Labute approximate surface area is 87.3 Å². The SMILES string of the molecule is CCC(C)OC(=O)c1cc(S)cs1. The molecule has 1 unspecified atom stereocenters. The highest BCUT2D eigenvalue weighted by Crippen LogP contribution is 2.19. The van der Waals surface area contributed by atoms with Crippen LogP contribution in [0.3, 0.4) is 0 Å². The molecule has 1 aromatic heterocycles. The fourth-order valence-electron chi connectivity index (χ4n) is 0.757. The molecule has 0 aliphatic heterocycles. The first-order valence-corrected chi connectivity index (χ1v) is 5.44. The van der Waals surface area contributed by atoms with Crippen LogP contribution in [0.4, 0.5) is 0 Å². The van der Waals surface area contributed by atoms with Gasteiger partial charge in [-0.15, -0.1) is 24.0 Å². The molecule has 0 aliphatic carbocycles. The van der Waals surface area contributed by atoms with Crippen molar-refractivity contribution in [2.24, 2.45) is 0 Å². The van der Waals surface area contributed by atoms with Crippen LogP contribution in [0, 0.1) is 0 Å². The summed E-state index contributed by atoms with van der Waals surface area (Å²) in [6.07, 6.45) is 0.822. The molecule has 1 aromatic rings. The predicted octanol–water partition coefficient (Wildman–Crippen LogP) is 2.99. The summed E-state index contributed by atoms with van der Waals surface area (Å²) < 4.78 is 5.14. The van der Waals surface area contributed by atoms with E-state index in [0.717, 1.165) is 11.3 Å². The number of ether oxygens (including phenoxy) is 1. The minimum absolute atomic E-state index is 0.0158. The molecular formula is C9H12O2S2. The monoisotopic (exact) mass is 216 g/mol. The van der Waals surface area contributed by atoms with Gasteiger partial charge >= 0.3 is 5.97 Å². The third kappa shape index (κ3) is 3.04. The number of thiophene rings is 1. The maximum Gasteiger partial charge on any atom is 0.348 e. The lowest BCUT2D eigenvalue weighted by atomic mass is 10.3. The lowest BCUT2D eigenvalue weighted by molar-refractivity contribution is 0.0340. The molecule has 4 heteroatoms. The van der Waals surface area contributed by atoms with Gasteiger partial charge in [0.1, 0.15) is 4.88 Å². The topological polar surface area (TPSA) is 26.3 Å². The Bertz CT molecular complexity index is 294. The molecular weight excluding hydrogens is 204 g/mol. The molecule has 0 spiro atoms. The molecule has 0 amide bonds. The highest BCUT2D eigenvalue weighted by Gasteiger charge is 2.12. The van der Waals surface area contributed by atoms with Crippen molar-refractivity contribution in [3.05, 3.63) is 16.3 Å². The summed E-state index contributed by atoms with van der Waals surface area (Å²) >= 11 is 5.48. The first kappa shape index (κ1) is 10.6. The van der Waals surface area contributed by atoms with Crippen LogP contribution in [0.5, 0.6) is 0 Å². The van der Waals surface area contributed by atoms with Crippen LogP contribution >= 0.6 is 24.0 Å². The van der Waals surface area contributed by atoms with E-state index in [-0.39, 0.29) is 12.1 Å². The summed E-state index contributed by atoms with van der Waals surface area (Å²) in [6, 6.07) is 1.72. The van der Waals surface area contributed by atoms with Crippen LogP contribution in [0.2, 0.25) is 0 Å². The highest BCUT2D eigenvalue weighted by molar-refractivity contribution is 7.80. The van der Waals surface area contributed by atoms with Crippen molar-refractivity contribution >= 4 is 29.9 Å². The molecule has 0 fully saturated rings. The van der Waals surface area contributed by atoms with Gasteiger partial charge < -0.3 is 4.74 Å². The van der Waals surface area contributed by atoms with Gasteiger partial charge in [0.2, 0.25) is 0 Å². The van der Waals surface area contributed by atoms with Crippen molar-refractivity contribution in [1.82, 2.24) is 0 Å². The lowest BCUT2D eigenvalue weighted by Gasteiger charge is -2.08. The molecule has 1 rings (SSSR count). The Morgan fingerprint density at radius 3 is 2.92 bits per heavy atom. The number of thiol groups is 1. The molecule has 0 aromatic carbocycles. The molecule has 0 saturated heterocycles. The molecule has 2 nitrogen and oxygen atoms in total. The number of hydrogen-bond donors (Lipinski definition) is 1. The minimum Gasteiger partial charge on any atom is -0.459 e. The van der Waals surface area contributed by atoms with Gasteiger partial charge in [0.05, 0.1) is 6.10 Å². The number of esters is 1. The predicted molar refractivity (Wildman–Crippen MR) is 56.7 cm³/mol. The van der Waals surface area contributed by atoms with Gasteiger partial charge in [-0.1, -0.05) is 6.92 Å². The largest absolute Gasteiger partial charge is 0.459 e. The van der Waals surface area contributed by atoms with E-state index in [9.17, 15) is 4.79 Å². The summed E-state index contributed by atoms with van der Waals surface area (Å²) in [6.45, 7) is 3.86. The van der Waals surface area contributed by atoms with Crippen LogP contribution in [-0.4, -0.2) is 12.1 Å². The molecule has 0 aliphatic rings. The number of carbonyl (C=O) groups excluding carboxylic acids is 1. The molecule has 72 valence electrons. The standard InChI is InChI=1S/C9H12O2S2/c1-3-6(2)11-9(10)8-4-7(12)5-13-8/h4-6,12H,3H2,1-2H3. The quantitative estimate of drug-likeness (QED) is 0.621. The maximum absolute atomic E-state index is 11.4. The lowest BCUT2D eigenvalue weighted by Crippen LogP contribution is -2.12. The van der Waals surface area contributed by atoms with E-state index in [1.807, 2.05) is 19.2 Å². The fourth-order valence-corrected chi connectivity index (χ4v) is 1.79. The van der Waals surface area contributed by atoms with Crippen molar-refractivity contribution in [3.8, 4) is 0 Å². The van der Waals surface area contributed by atoms with Gasteiger partial charge in [-0.25, -0.2) is 4.79 Å². The molecule has 1 atom stereocenters. The Morgan fingerprint density at radius 2 is 2.46 bits per heavy atom. The Kier molecular flexibility index (Phi) is 3.81. The Morgan fingerprint density at radius 1 is 1.77 bits per heavy atom. The zero-order valence-corrected chi connectivity index (χ0v) is 9.32. The average Bonchev–Trinajstić information content (AvgIpc) is 2.51. The number of carbonyl (C=O) groups is 1. The van der Waals surface area contributed by atoms with Crippen LogP contribution in [-0.2, 0) is 4.74 Å². The van der Waals surface area contributed by atoms with E-state index < -0.39 is 0 Å². The van der Waals surface area contributed by atoms with Crippen LogP contribution < -0.4 is 0 Å². The van der Waals surface area contributed by atoms with Gasteiger partial charge in [-0.3, -0.25) is 0 Å². The minimum atomic E-state index is -0.250. The summed E-state index contributed by atoms with van der Waals surface area (Å²) in [5.74, 6) is -0.250.